The maximum absolute atomic E-state index is 5.77. The van der Waals surface area contributed by atoms with Crippen molar-refractivity contribution < 1.29 is 4.74 Å². The molecule has 0 fully saturated rings. The van der Waals surface area contributed by atoms with Crippen molar-refractivity contribution in [2.45, 2.75) is 47.1 Å². The zero-order valence-corrected chi connectivity index (χ0v) is 11.7. The van der Waals surface area contributed by atoms with Crippen LogP contribution in [0.3, 0.4) is 0 Å². The van der Waals surface area contributed by atoms with Crippen molar-refractivity contribution in [2.75, 3.05) is 0 Å². The Morgan fingerprint density at radius 2 is 1.82 bits per heavy atom. The molecule has 0 unspecified atom stereocenters. The van der Waals surface area contributed by atoms with Gasteiger partial charge < -0.3 is 4.74 Å². The first-order valence-electron chi connectivity index (χ1n) is 6.50. The van der Waals surface area contributed by atoms with Crippen LogP contribution in [-0.4, -0.2) is 6.10 Å². The second-order valence-electron chi connectivity index (χ2n) is 5.03. The molecule has 0 atom stereocenters. The Bertz CT molecular complexity index is 375. The fourth-order valence-corrected chi connectivity index (χ4v) is 1.63. The number of aryl methyl sites for hydroxylation is 1. The van der Waals surface area contributed by atoms with Crippen molar-refractivity contribution in [1.82, 2.24) is 0 Å². The van der Waals surface area contributed by atoms with Gasteiger partial charge in [0, 0.05) is 0 Å². The highest BCUT2D eigenvalue weighted by Gasteiger charge is 2.01. The van der Waals surface area contributed by atoms with E-state index in [1.54, 1.807) is 0 Å². The van der Waals surface area contributed by atoms with Gasteiger partial charge in [-0.05, 0) is 49.4 Å². The SMILES string of the molecule is CCc1cc(/C=C\C(C)C)cc(OC(C)C)c1. The molecule has 0 heterocycles. The Balaban J connectivity index is 2.96. The molecule has 0 saturated heterocycles. The van der Waals surface area contributed by atoms with E-state index in [0.29, 0.717) is 5.92 Å². The summed E-state index contributed by atoms with van der Waals surface area (Å²) in [6.07, 6.45) is 5.66. The number of rotatable bonds is 5. The third kappa shape index (κ3) is 5.08. The molecule has 0 aromatic heterocycles. The fraction of sp³-hybridized carbons (Fsp3) is 0.500. The molecular weight excluding hydrogens is 208 g/mol. The highest BCUT2D eigenvalue weighted by atomic mass is 16.5. The van der Waals surface area contributed by atoms with Gasteiger partial charge in [-0.3, -0.25) is 0 Å². The van der Waals surface area contributed by atoms with E-state index in [-0.39, 0.29) is 6.10 Å². The number of hydrogen-bond acceptors (Lipinski definition) is 1. The predicted molar refractivity (Wildman–Crippen MR) is 75.5 cm³/mol. The number of allylic oxidation sites excluding steroid dienone is 1. The molecular formula is C16H24O. The Hall–Kier alpha value is -1.24. The van der Waals surface area contributed by atoms with E-state index in [4.69, 9.17) is 4.74 Å². The summed E-state index contributed by atoms with van der Waals surface area (Å²) in [4.78, 5) is 0. The topological polar surface area (TPSA) is 9.23 Å². The Kier molecular flexibility index (Phi) is 5.27. The van der Waals surface area contributed by atoms with Crippen LogP contribution < -0.4 is 4.74 Å². The Labute approximate surface area is 106 Å². The van der Waals surface area contributed by atoms with Crippen LogP contribution in [0.2, 0.25) is 0 Å². The minimum absolute atomic E-state index is 0.226. The monoisotopic (exact) mass is 232 g/mol. The van der Waals surface area contributed by atoms with Crippen molar-refractivity contribution in [3.8, 4) is 5.75 Å². The van der Waals surface area contributed by atoms with Crippen LogP contribution >= 0.6 is 0 Å². The van der Waals surface area contributed by atoms with Crippen molar-refractivity contribution >= 4 is 6.08 Å². The van der Waals surface area contributed by atoms with Crippen molar-refractivity contribution in [2.24, 2.45) is 5.92 Å². The Morgan fingerprint density at radius 3 is 2.35 bits per heavy atom. The molecule has 94 valence electrons. The first-order chi connectivity index (χ1) is 8.01. The maximum Gasteiger partial charge on any atom is 0.120 e. The van der Waals surface area contributed by atoms with E-state index >= 15 is 0 Å². The van der Waals surface area contributed by atoms with Gasteiger partial charge in [0.2, 0.25) is 0 Å². The molecule has 0 N–H and O–H groups in total. The van der Waals surface area contributed by atoms with Crippen molar-refractivity contribution in [3.05, 3.63) is 35.4 Å². The zero-order chi connectivity index (χ0) is 12.8. The van der Waals surface area contributed by atoms with E-state index in [9.17, 15) is 0 Å². The van der Waals surface area contributed by atoms with Crippen LogP contribution in [0, 0.1) is 5.92 Å². The molecule has 0 spiro atoms. The van der Waals surface area contributed by atoms with E-state index in [1.807, 2.05) is 0 Å². The van der Waals surface area contributed by atoms with Crippen LogP contribution in [0.25, 0.3) is 6.08 Å². The molecule has 0 aliphatic carbocycles. The first kappa shape index (κ1) is 13.8. The second kappa shape index (κ2) is 6.48. The van der Waals surface area contributed by atoms with E-state index in [2.05, 4.69) is 65.0 Å². The maximum atomic E-state index is 5.77. The van der Waals surface area contributed by atoms with Crippen LogP contribution in [0.5, 0.6) is 5.75 Å². The molecule has 17 heavy (non-hydrogen) atoms. The quantitative estimate of drug-likeness (QED) is 0.714. The summed E-state index contributed by atoms with van der Waals surface area (Å²) in [7, 11) is 0. The summed E-state index contributed by atoms with van der Waals surface area (Å²) in [5.74, 6) is 1.55. The van der Waals surface area contributed by atoms with Gasteiger partial charge >= 0.3 is 0 Å². The summed E-state index contributed by atoms with van der Waals surface area (Å²) < 4.78 is 5.77. The minimum atomic E-state index is 0.226. The lowest BCUT2D eigenvalue weighted by Gasteiger charge is -2.12. The molecule has 1 aromatic rings. The van der Waals surface area contributed by atoms with Crippen molar-refractivity contribution in [3.63, 3.8) is 0 Å². The van der Waals surface area contributed by atoms with Gasteiger partial charge in [-0.25, -0.2) is 0 Å². The first-order valence-corrected chi connectivity index (χ1v) is 6.50. The van der Waals surface area contributed by atoms with Gasteiger partial charge in [0.05, 0.1) is 6.10 Å². The van der Waals surface area contributed by atoms with E-state index in [0.717, 1.165) is 12.2 Å². The number of benzene rings is 1. The molecule has 0 amide bonds. The third-order valence-corrected chi connectivity index (χ3v) is 2.44. The third-order valence-electron chi connectivity index (χ3n) is 2.44. The normalized spacial score (nSPS) is 11.7. The van der Waals surface area contributed by atoms with Gasteiger partial charge in [0.15, 0.2) is 0 Å². The molecule has 0 saturated carbocycles. The van der Waals surface area contributed by atoms with Gasteiger partial charge in [-0.15, -0.1) is 0 Å². The molecule has 0 aliphatic heterocycles. The number of ether oxygens (including phenoxy) is 1. The molecule has 1 aromatic carbocycles. The van der Waals surface area contributed by atoms with Gasteiger partial charge in [0.1, 0.15) is 5.75 Å². The van der Waals surface area contributed by atoms with Crippen LogP contribution in [0.1, 0.15) is 45.7 Å². The molecule has 1 nitrogen and oxygen atoms in total. The molecule has 0 aliphatic rings. The van der Waals surface area contributed by atoms with Crippen LogP contribution in [0.15, 0.2) is 24.3 Å². The summed E-state index contributed by atoms with van der Waals surface area (Å²) in [5, 5.41) is 0. The second-order valence-corrected chi connectivity index (χ2v) is 5.03. The summed E-state index contributed by atoms with van der Waals surface area (Å²) in [6, 6.07) is 6.47. The number of hydrogen-bond donors (Lipinski definition) is 0. The summed E-state index contributed by atoms with van der Waals surface area (Å²) >= 11 is 0. The van der Waals surface area contributed by atoms with Crippen molar-refractivity contribution in [1.29, 1.82) is 0 Å². The van der Waals surface area contributed by atoms with E-state index in [1.165, 1.54) is 11.1 Å². The van der Waals surface area contributed by atoms with Gasteiger partial charge in [-0.1, -0.05) is 39.0 Å². The summed E-state index contributed by atoms with van der Waals surface area (Å²) in [6.45, 7) is 10.7. The van der Waals surface area contributed by atoms with Gasteiger partial charge in [-0.2, -0.15) is 0 Å². The summed E-state index contributed by atoms with van der Waals surface area (Å²) in [5.41, 5.74) is 2.56. The zero-order valence-electron chi connectivity index (χ0n) is 11.7. The smallest absolute Gasteiger partial charge is 0.120 e. The lowest BCUT2D eigenvalue weighted by molar-refractivity contribution is 0.242. The van der Waals surface area contributed by atoms with Crippen LogP contribution in [0.4, 0.5) is 0 Å². The Morgan fingerprint density at radius 1 is 1.12 bits per heavy atom. The molecule has 1 heteroatoms. The predicted octanol–water partition coefficient (Wildman–Crippen LogP) is 4.71. The van der Waals surface area contributed by atoms with Gasteiger partial charge in [0.25, 0.3) is 0 Å². The highest BCUT2D eigenvalue weighted by molar-refractivity contribution is 5.53. The average Bonchev–Trinajstić information content (AvgIpc) is 2.25. The largest absolute Gasteiger partial charge is 0.491 e. The lowest BCUT2D eigenvalue weighted by atomic mass is 10.1. The molecule has 0 bridgehead atoms. The average molecular weight is 232 g/mol. The minimum Gasteiger partial charge on any atom is -0.491 e. The van der Waals surface area contributed by atoms with E-state index < -0.39 is 0 Å². The van der Waals surface area contributed by atoms with Crippen LogP contribution in [-0.2, 0) is 6.42 Å². The molecule has 1 rings (SSSR count). The standard InChI is InChI=1S/C16H24O/c1-6-14-9-15(8-7-12(2)3)11-16(10-14)17-13(4)5/h7-13H,6H2,1-5H3/b8-7-. The highest BCUT2D eigenvalue weighted by Crippen LogP contribution is 2.20. The molecule has 0 radical (unpaired) electrons. The fourth-order valence-electron chi connectivity index (χ4n) is 1.63. The lowest BCUT2D eigenvalue weighted by Crippen LogP contribution is -2.05.